The van der Waals surface area contributed by atoms with Crippen LogP contribution in [-0.2, 0) is 36.8 Å². The summed E-state index contributed by atoms with van der Waals surface area (Å²) >= 11 is 0. The lowest BCUT2D eigenvalue weighted by Crippen LogP contribution is -2.49. The fraction of sp³-hybridized carbons (Fsp3) is 0.760. The van der Waals surface area contributed by atoms with Crippen molar-refractivity contribution in [1.82, 2.24) is 4.90 Å². The first-order valence-corrected chi connectivity index (χ1v) is 46.4. The smallest absolute Gasteiger partial charge is 0.329 e. The maximum Gasteiger partial charge on any atom is 0.329 e. The van der Waals surface area contributed by atoms with Gasteiger partial charge in [-0.25, -0.2) is 4.79 Å². The Hall–Kier alpha value is -2.51. The molecule has 0 aromatic rings. The van der Waals surface area contributed by atoms with Crippen molar-refractivity contribution in [2.75, 3.05) is 26.3 Å². The van der Waals surface area contributed by atoms with Gasteiger partial charge in [-0.15, -0.1) is 0 Å². The van der Waals surface area contributed by atoms with E-state index < -0.39 is 39.2 Å². The zero-order valence-electron chi connectivity index (χ0n) is 61.1. The summed E-state index contributed by atoms with van der Waals surface area (Å²) in [6, 6.07) is 0. The average molecular weight is 1300 g/mol. The molecular formula is C75H129NO9Si4. The van der Waals surface area contributed by atoms with Crippen molar-refractivity contribution in [1.29, 1.82) is 0 Å². The van der Waals surface area contributed by atoms with Crippen LogP contribution in [0.5, 0.6) is 0 Å². The Morgan fingerprint density at radius 3 is 1.26 bits per heavy atom. The van der Waals surface area contributed by atoms with Crippen LogP contribution < -0.4 is 0 Å². The van der Waals surface area contributed by atoms with Crippen LogP contribution in [0.3, 0.4) is 0 Å². The van der Waals surface area contributed by atoms with Crippen LogP contribution in [0.1, 0.15) is 207 Å². The maximum absolute atomic E-state index is 12.8. The van der Waals surface area contributed by atoms with E-state index in [1.165, 1.54) is 52.7 Å². The SMILES string of the molecule is C=C1C(=CC=C2CCC[C@]3(C)C([C@H](C)OCC(=O)N4CCCCC4)=CCC23)C[C@@H](O[Si](C)(C)C(C)(C)C)C[C@@H]1O[Si](C)(C)C(C)(C)C.C=C1C(=CC=C2CCC[C@]3(C)C([C@H](C)OCC(=O)O)=CCC23)C[C@@H](O[Si](C)(C)C(C)(C)C)C[C@@H]1O[Si](C)(C)C(C)(C)C. The van der Waals surface area contributed by atoms with Crippen molar-refractivity contribution in [2.45, 2.75) is 316 Å². The van der Waals surface area contributed by atoms with Gasteiger partial charge in [0.2, 0.25) is 5.91 Å². The predicted molar refractivity (Wildman–Crippen MR) is 383 cm³/mol. The number of carboxylic acid groups (broad SMARTS) is 1. The van der Waals surface area contributed by atoms with E-state index in [-0.39, 0.29) is 86.7 Å². The van der Waals surface area contributed by atoms with Gasteiger partial charge in [0, 0.05) is 25.9 Å². The number of carboxylic acids is 1. The first-order chi connectivity index (χ1) is 40.7. The number of rotatable bonds is 18. The van der Waals surface area contributed by atoms with Crippen molar-refractivity contribution in [3.63, 3.8) is 0 Å². The van der Waals surface area contributed by atoms with Gasteiger partial charge < -0.3 is 37.2 Å². The minimum atomic E-state index is -2.01. The summed E-state index contributed by atoms with van der Waals surface area (Å²) in [6.45, 7) is 66.5. The zero-order chi connectivity index (χ0) is 66.9. The number of ether oxygens (including phenoxy) is 2. The summed E-state index contributed by atoms with van der Waals surface area (Å²) in [5, 5.41) is 9.68. The van der Waals surface area contributed by atoms with Crippen molar-refractivity contribution < 1.29 is 41.9 Å². The van der Waals surface area contributed by atoms with Gasteiger partial charge in [-0.1, -0.05) is 158 Å². The van der Waals surface area contributed by atoms with Gasteiger partial charge in [-0.2, -0.15) is 0 Å². The number of carbonyl (C=O) groups is 2. The van der Waals surface area contributed by atoms with E-state index in [0.717, 1.165) is 101 Å². The number of nitrogens with zero attached hydrogens (tertiary/aromatic N) is 1. The third kappa shape index (κ3) is 18.1. The zero-order valence-corrected chi connectivity index (χ0v) is 65.1. The van der Waals surface area contributed by atoms with Gasteiger partial charge in [-0.05, 0) is 226 Å². The van der Waals surface area contributed by atoms with Crippen molar-refractivity contribution in [3.05, 3.63) is 94.2 Å². The summed E-state index contributed by atoms with van der Waals surface area (Å²) in [6.07, 6.45) is 30.1. The number of aliphatic carboxylic acids is 1. The molecule has 1 amide bonds. The summed E-state index contributed by atoms with van der Waals surface area (Å²) in [5.74, 6) is 0.122. The Bertz CT molecular complexity index is 2730. The number of amides is 1. The molecule has 0 bridgehead atoms. The second-order valence-corrected chi connectivity index (χ2v) is 53.7. The van der Waals surface area contributed by atoms with Crippen LogP contribution in [0.4, 0.5) is 0 Å². The quantitative estimate of drug-likeness (QED) is 0.106. The highest BCUT2D eigenvalue weighted by Crippen LogP contribution is 2.58. The third-order valence-electron chi connectivity index (χ3n) is 24.2. The fourth-order valence-corrected chi connectivity index (χ4v) is 19.6. The minimum Gasteiger partial charge on any atom is -0.480 e. The Balaban J connectivity index is 0.000000286. The molecular weight excluding hydrogens is 1170 g/mol. The molecule has 0 aromatic heterocycles. The molecule has 5 fully saturated rings. The molecule has 0 radical (unpaired) electrons. The highest BCUT2D eigenvalue weighted by Gasteiger charge is 2.50. The first-order valence-electron chi connectivity index (χ1n) is 34.8. The molecule has 1 saturated heterocycles. The lowest BCUT2D eigenvalue weighted by Gasteiger charge is -2.45. The number of allylic oxidation sites excluding steroid dienone is 8. The van der Waals surface area contributed by atoms with E-state index in [1.54, 1.807) is 0 Å². The molecule has 2 unspecified atom stereocenters. The minimum absolute atomic E-state index is 0.00599. The largest absolute Gasteiger partial charge is 0.480 e. The van der Waals surface area contributed by atoms with Crippen molar-refractivity contribution >= 4 is 45.1 Å². The molecule has 7 aliphatic rings. The van der Waals surface area contributed by atoms with Gasteiger partial charge >= 0.3 is 5.97 Å². The molecule has 1 aliphatic heterocycles. The molecule has 6 aliphatic carbocycles. The number of hydrogen-bond acceptors (Lipinski definition) is 8. The number of carbonyl (C=O) groups excluding carboxylic acids is 1. The summed E-state index contributed by atoms with van der Waals surface area (Å²) in [7, 11) is -7.92. The van der Waals surface area contributed by atoms with Crippen LogP contribution in [0.2, 0.25) is 72.5 Å². The first kappa shape index (κ1) is 75.5. The number of piperidine rings is 1. The van der Waals surface area contributed by atoms with Crippen LogP contribution in [0.15, 0.2) is 94.2 Å². The lowest BCUT2D eigenvalue weighted by atomic mass is 9.63. The molecule has 4 saturated carbocycles. The van der Waals surface area contributed by atoms with Gasteiger partial charge in [0.1, 0.15) is 13.2 Å². The normalized spacial score (nSPS) is 30.4. The maximum atomic E-state index is 12.8. The molecule has 14 heteroatoms. The van der Waals surface area contributed by atoms with Gasteiger partial charge in [0.05, 0.1) is 36.6 Å². The van der Waals surface area contributed by atoms with E-state index in [4.69, 9.17) is 32.3 Å². The van der Waals surface area contributed by atoms with Gasteiger partial charge in [-0.3, -0.25) is 4.79 Å². The van der Waals surface area contributed by atoms with E-state index in [2.05, 4.69) is 206 Å². The van der Waals surface area contributed by atoms with Crippen LogP contribution in [0, 0.1) is 22.7 Å². The van der Waals surface area contributed by atoms with Gasteiger partial charge in [0.15, 0.2) is 33.3 Å². The Morgan fingerprint density at radius 2 is 0.910 bits per heavy atom. The molecule has 504 valence electrons. The molecule has 1 heterocycles. The average Bonchev–Trinajstić information content (AvgIpc) is 1.71. The molecule has 10 atom stereocenters. The molecule has 0 aromatic carbocycles. The Kier molecular flexibility index (Phi) is 24.5. The highest BCUT2D eigenvalue weighted by atomic mass is 28.4. The molecule has 7 rings (SSSR count). The third-order valence-corrected chi connectivity index (χ3v) is 42.2. The topological polar surface area (TPSA) is 113 Å². The van der Waals surface area contributed by atoms with Crippen molar-refractivity contribution in [3.8, 4) is 0 Å². The van der Waals surface area contributed by atoms with E-state index in [0.29, 0.717) is 11.8 Å². The van der Waals surface area contributed by atoms with Gasteiger partial charge in [0.25, 0.3) is 0 Å². The Morgan fingerprint density at radius 1 is 0.562 bits per heavy atom. The number of fused-ring (bicyclic) bond motifs is 2. The number of likely N-dealkylation sites (tertiary alicyclic amines) is 1. The van der Waals surface area contributed by atoms with Crippen LogP contribution in [0.25, 0.3) is 0 Å². The standard InChI is InChI=1S/C40H69NO4Si2.C35H60O5Si2/c1-29-32(26-33(44-46(10,11)38(3,4)5)27-36(29)45-47(12,13)39(6,7)8)20-19-31-18-17-23-40(9)34(21-22-35(31)40)30(2)43-28-37(42)41-24-15-14-16-25-41;1-24-27(17-16-26-15-14-20-35(9)29(18-19-30(26)35)25(2)38-23-32(36)37)21-28(39-41(10,11)33(3,4)5)22-31(24)40-42(12,13)34(6,7)8/h19-21,30,33,35-36H,1,14-18,22-28H2,2-13H3;16-18,25,28,30-31H,1,14-15,19-23H2,2-13H3,(H,36,37)/t30-,33+,35?,36-,40+;25-,28+,30?,31-,35+/m00/s1. The lowest BCUT2D eigenvalue weighted by molar-refractivity contribution is -0.143. The monoisotopic (exact) mass is 1300 g/mol. The fourth-order valence-electron chi connectivity index (χ4n) is 14.3. The van der Waals surface area contributed by atoms with E-state index in [1.807, 2.05) is 11.8 Å². The second-order valence-electron chi connectivity index (χ2n) is 34.7. The number of hydrogen-bond donors (Lipinski definition) is 1. The van der Waals surface area contributed by atoms with Crippen LogP contribution >= 0.6 is 0 Å². The predicted octanol–water partition coefficient (Wildman–Crippen LogP) is 20.1. The summed E-state index contributed by atoms with van der Waals surface area (Å²) in [4.78, 5) is 25.9. The summed E-state index contributed by atoms with van der Waals surface area (Å²) in [5.41, 5.74) is 10.6. The molecule has 1 N–H and O–H groups in total. The summed E-state index contributed by atoms with van der Waals surface area (Å²) < 4.78 is 40.2. The second kappa shape index (κ2) is 28.8. The van der Waals surface area contributed by atoms with Crippen molar-refractivity contribution in [2.24, 2.45) is 22.7 Å². The molecule has 89 heavy (non-hydrogen) atoms. The van der Waals surface area contributed by atoms with E-state index in [9.17, 15) is 9.59 Å². The molecule has 10 nitrogen and oxygen atoms in total. The Labute approximate surface area is 548 Å². The highest BCUT2D eigenvalue weighted by molar-refractivity contribution is 6.75. The van der Waals surface area contributed by atoms with Crippen LogP contribution in [-0.4, -0.2) is 118 Å². The van der Waals surface area contributed by atoms with E-state index >= 15 is 0 Å². The molecule has 0 spiro atoms.